The van der Waals surface area contributed by atoms with Crippen LogP contribution in [-0.4, -0.2) is 86.1 Å². The van der Waals surface area contributed by atoms with Gasteiger partial charge in [0.05, 0.1) is 44.8 Å². The monoisotopic (exact) mass is 510 g/mol. The van der Waals surface area contributed by atoms with Gasteiger partial charge in [0.15, 0.2) is 5.82 Å². The van der Waals surface area contributed by atoms with Crippen molar-refractivity contribution in [2.24, 2.45) is 0 Å². The number of nitrogens with one attached hydrogen (secondary N) is 2. The van der Waals surface area contributed by atoms with Crippen LogP contribution in [0.3, 0.4) is 0 Å². The van der Waals surface area contributed by atoms with E-state index in [9.17, 15) is 4.79 Å². The fourth-order valence-corrected chi connectivity index (χ4v) is 5.18. The van der Waals surface area contributed by atoms with Gasteiger partial charge in [-0.25, -0.2) is 14.8 Å². The Morgan fingerprint density at radius 1 is 1.11 bits per heavy atom. The van der Waals surface area contributed by atoms with Crippen LogP contribution in [0.25, 0.3) is 11.4 Å². The summed E-state index contributed by atoms with van der Waals surface area (Å²) in [7, 11) is 0. The Morgan fingerprint density at radius 3 is 2.59 bits per heavy atom. The quantitative estimate of drug-likeness (QED) is 0.586. The molecule has 0 saturated carbocycles. The van der Waals surface area contributed by atoms with Crippen molar-refractivity contribution in [2.75, 3.05) is 69.4 Å². The van der Waals surface area contributed by atoms with Crippen molar-refractivity contribution in [1.29, 1.82) is 0 Å². The molecule has 1 aromatic heterocycles. The lowest BCUT2D eigenvalue weighted by molar-refractivity contribution is -0.0442. The Balaban J connectivity index is 1.46. The largest absolute Gasteiger partial charge is 0.379 e. The Morgan fingerprint density at radius 2 is 1.86 bits per heavy atom. The van der Waals surface area contributed by atoms with Gasteiger partial charge in [0.25, 0.3) is 0 Å². The number of urea groups is 1. The van der Waals surface area contributed by atoms with Crippen LogP contribution in [-0.2, 0) is 26.4 Å². The summed E-state index contributed by atoms with van der Waals surface area (Å²) in [5.41, 5.74) is 3.18. The van der Waals surface area contributed by atoms with Gasteiger partial charge in [-0.05, 0) is 51.5 Å². The van der Waals surface area contributed by atoms with E-state index in [0.717, 1.165) is 74.1 Å². The Bertz CT molecular complexity index is 1090. The molecule has 0 radical (unpaired) electrons. The van der Waals surface area contributed by atoms with E-state index < -0.39 is 5.60 Å². The molecule has 2 amide bonds. The highest BCUT2D eigenvalue weighted by Gasteiger charge is 2.41. The SMILES string of the molecule is CCNC(=O)Nc1ccc(-c2nc(N3CCOC[C@@H]3C)c3c(n2)C(C)(CCN2CCOCC2)OC3)cc1. The van der Waals surface area contributed by atoms with E-state index in [1.54, 1.807) is 0 Å². The second kappa shape index (κ2) is 11.3. The van der Waals surface area contributed by atoms with Gasteiger partial charge in [-0.3, -0.25) is 4.90 Å². The first-order valence-electron chi connectivity index (χ1n) is 13.3. The number of ether oxygens (including phenoxy) is 3. The first-order valence-corrected chi connectivity index (χ1v) is 13.3. The third kappa shape index (κ3) is 5.72. The van der Waals surface area contributed by atoms with Crippen LogP contribution in [0.4, 0.5) is 16.3 Å². The summed E-state index contributed by atoms with van der Waals surface area (Å²) in [5, 5.41) is 5.59. The van der Waals surface area contributed by atoms with Crippen LogP contribution < -0.4 is 15.5 Å². The molecule has 3 aliphatic rings. The number of carbonyl (C=O) groups is 1. The lowest BCUT2D eigenvalue weighted by atomic mass is 9.95. The third-order valence-corrected chi connectivity index (χ3v) is 7.41. The molecule has 0 bridgehead atoms. The first kappa shape index (κ1) is 25.8. The summed E-state index contributed by atoms with van der Waals surface area (Å²) in [6, 6.07) is 7.66. The van der Waals surface area contributed by atoms with E-state index in [0.29, 0.717) is 32.2 Å². The minimum Gasteiger partial charge on any atom is -0.379 e. The Labute approximate surface area is 218 Å². The van der Waals surface area contributed by atoms with Crippen molar-refractivity contribution in [2.45, 2.75) is 45.4 Å². The predicted molar refractivity (Wildman–Crippen MR) is 142 cm³/mol. The van der Waals surface area contributed by atoms with Crippen molar-refractivity contribution in [3.63, 3.8) is 0 Å². The van der Waals surface area contributed by atoms with Crippen LogP contribution in [0.15, 0.2) is 24.3 Å². The highest BCUT2D eigenvalue weighted by atomic mass is 16.5. The zero-order valence-corrected chi connectivity index (χ0v) is 22.1. The molecule has 10 nitrogen and oxygen atoms in total. The number of amides is 2. The zero-order valence-electron chi connectivity index (χ0n) is 22.1. The van der Waals surface area contributed by atoms with Crippen LogP contribution in [0.5, 0.6) is 0 Å². The zero-order chi connectivity index (χ0) is 25.8. The van der Waals surface area contributed by atoms with Crippen LogP contribution in [0.2, 0.25) is 0 Å². The number of rotatable bonds is 7. The number of nitrogens with zero attached hydrogens (tertiary/aromatic N) is 4. The minimum atomic E-state index is -0.491. The van der Waals surface area contributed by atoms with E-state index >= 15 is 0 Å². The summed E-state index contributed by atoms with van der Waals surface area (Å²) < 4.78 is 17.7. The highest BCUT2D eigenvalue weighted by molar-refractivity contribution is 5.89. The summed E-state index contributed by atoms with van der Waals surface area (Å²) in [6.45, 7) is 13.8. The maximum atomic E-state index is 11.9. The van der Waals surface area contributed by atoms with Crippen molar-refractivity contribution in [1.82, 2.24) is 20.2 Å². The van der Waals surface area contributed by atoms with E-state index in [2.05, 4.69) is 34.3 Å². The van der Waals surface area contributed by atoms with Gasteiger partial charge < -0.3 is 29.7 Å². The Kier molecular flexibility index (Phi) is 7.89. The number of anilines is 2. The second-order valence-corrected chi connectivity index (χ2v) is 10.1. The van der Waals surface area contributed by atoms with Gasteiger partial charge in [-0.1, -0.05) is 0 Å². The molecular weight excluding hydrogens is 472 g/mol. The average molecular weight is 511 g/mol. The maximum Gasteiger partial charge on any atom is 0.319 e. The molecule has 2 N–H and O–H groups in total. The molecule has 0 spiro atoms. The number of morpholine rings is 2. The van der Waals surface area contributed by atoms with Crippen molar-refractivity contribution >= 4 is 17.5 Å². The van der Waals surface area contributed by atoms with Crippen molar-refractivity contribution < 1.29 is 19.0 Å². The number of hydrogen-bond acceptors (Lipinski definition) is 8. The van der Waals surface area contributed by atoms with E-state index in [-0.39, 0.29) is 12.1 Å². The molecule has 2 atom stereocenters. The molecule has 2 aromatic rings. The topological polar surface area (TPSA) is 101 Å². The fraction of sp³-hybridized carbons (Fsp3) is 0.593. The van der Waals surface area contributed by atoms with Gasteiger partial charge in [0.2, 0.25) is 0 Å². The predicted octanol–water partition coefficient (Wildman–Crippen LogP) is 2.98. The molecule has 2 saturated heterocycles. The fourth-order valence-electron chi connectivity index (χ4n) is 5.18. The summed E-state index contributed by atoms with van der Waals surface area (Å²) in [6.07, 6.45) is 0.851. The van der Waals surface area contributed by atoms with Gasteiger partial charge in [0, 0.05) is 49.5 Å². The molecular formula is C27H38N6O4. The summed E-state index contributed by atoms with van der Waals surface area (Å²) in [5.74, 6) is 1.61. The first-order chi connectivity index (χ1) is 18.0. The van der Waals surface area contributed by atoms with Gasteiger partial charge in [-0.15, -0.1) is 0 Å². The summed E-state index contributed by atoms with van der Waals surface area (Å²) >= 11 is 0. The molecule has 10 heteroatoms. The molecule has 3 aliphatic heterocycles. The maximum absolute atomic E-state index is 11.9. The smallest absolute Gasteiger partial charge is 0.319 e. The minimum absolute atomic E-state index is 0.212. The lowest BCUT2D eigenvalue weighted by Gasteiger charge is -2.35. The van der Waals surface area contributed by atoms with E-state index in [4.69, 9.17) is 24.2 Å². The molecule has 37 heavy (non-hydrogen) atoms. The molecule has 0 aliphatic carbocycles. The molecule has 1 unspecified atom stereocenters. The number of fused-ring (bicyclic) bond motifs is 1. The van der Waals surface area contributed by atoms with Gasteiger partial charge in [-0.2, -0.15) is 0 Å². The molecule has 4 heterocycles. The molecule has 5 rings (SSSR count). The third-order valence-electron chi connectivity index (χ3n) is 7.41. The second-order valence-electron chi connectivity index (χ2n) is 10.1. The lowest BCUT2D eigenvalue weighted by Crippen LogP contribution is -2.44. The van der Waals surface area contributed by atoms with E-state index in [1.165, 1.54) is 0 Å². The number of aromatic nitrogens is 2. The summed E-state index contributed by atoms with van der Waals surface area (Å²) in [4.78, 5) is 26.9. The van der Waals surface area contributed by atoms with E-state index in [1.807, 2.05) is 31.2 Å². The van der Waals surface area contributed by atoms with Crippen molar-refractivity contribution in [3.05, 3.63) is 35.5 Å². The molecule has 200 valence electrons. The number of hydrogen-bond donors (Lipinski definition) is 2. The van der Waals surface area contributed by atoms with Crippen molar-refractivity contribution in [3.8, 4) is 11.4 Å². The van der Waals surface area contributed by atoms with Gasteiger partial charge >= 0.3 is 6.03 Å². The standard InChI is InChI=1S/C27H38N6O4/c1-4-28-26(34)29-21-7-5-20(6-8-21)24-30-23-22(25(31-24)33-13-16-36-17-19(33)2)18-37-27(23,3)9-10-32-11-14-35-15-12-32/h5-8,19H,4,9-18H2,1-3H3,(H2,28,29,34)/t19-,27?/m0/s1. The highest BCUT2D eigenvalue weighted by Crippen LogP contribution is 2.43. The Hall–Kier alpha value is -2.79. The van der Waals surface area contributed by atoms with Crippen LogP contribution >= 0.6 is 0 Å². The number of carbonyl (C=O) groups excluding carboxylic acids is 1. The van der Waals surface area contributed by atoms with Crippen LogP contribution in [0.1, 0.15) is 38.4 Å². The van der Waals surface area contributed by atoms with Gasteiger partial charge in [0.1, 0.15) is 11.4 Å². The average Bonchev–Trinajstić information content (AvgIpc) is 3.25. The van der Waals surface area contributed by atoms with Crippen LogP contribution in [0, 0.1) is 0 Å². The molecule has 2 fully saturated rings. The normalized spacial score (nSPS) is 24.1. The number of benzene rings is 1. The molecule has 1 aromatic carbocycles.